The van der Waals surface area contributed by atoms with Gasteiger partial charge in [0.2, 0.25) is 5.91 Å². The largest absolute Gasteiger partial charge is 0.350 e. The maximum absolute atomic E-state index is 13.3. The van der Waals surface area contributed by atoms with Crippen LogP contribution in [0.5, 0.6) is 0 Å². The maximum Gasteiger partial charge on any atom is 0.255 e. The molecule has 1 aromatic carbocycles. The summed E-state index contributed by atoms with van der Waals surface area (Å²) in [4.78, 5) is 30.9. The van der Waals surface area contributed by atoms with Crippen molar-refractivity contribution in [1.29, 1.82) is 0 Å². The zero-order valence-electron chi connectivity index (χ0n) is 15.9. The summed E-state index contributed by atoms with van der Waals surface area (Å²) >= 11 is 7.61. The van der Waals surface area contributed by atoms with E-state index in [9.17, 15) is 14.0 Å². The molecule has 0 aliphatic carbocycles. The van der Waals surface area contributed by atoms with Gasteiger partial charge in [0.05, 0.1) is 27.8 Å². The number of nitrogens with one attached hydrogen (secondary N) is 1. The zero-order chi connectivity index (χ0) is 20.3. The van der Waals surface area contributed by atoms with E-state index < -0.39 is 5.82 Å². The lowest BCUT2D eigenvalue weighted by atomic mass is 9.98. The van der Waals surface area contributed by atoms with Crippen LogP contribution in [0.4, 0.5) is 4.39 Å². The molecule has 1 aliphatic heterocycles. The topological polar surface area (TPSA) is 62.3 Å². The second kappa shape index (κ2) is 9.01. The number of hydrogen-bond donors (Lipinski definition) is 1. The van der Waals surface area contributed by atoms with Gasteiger partial charge in [0, 0.05) is 30.3 Å². The Hall–Kier alpha value is -1.99. The highest BCUT2D eigenvalue weighted by Crippen LogP contribution is 2.31. The fourth-order valence-corrected chi connectivity index (χ4v) is 4.37. The minimum Gasteiger partial charge on any atom is -0.350 e. The van der Waals surface area contributed by atoms with Crippen molar-refractivity contribution in [3.05, 3.63) is 50.7 Å². The molecule has 3 rings (SSSR count). The summed E-state index contributed by atoms with van der Waals surface area (Å²) in [5, 5.41) is 5.92. The van der Waals surface area contributed by atoms with Gasteiger partial charge in [-0.2, -0.15) is 0 Å². The lowest BCUT2D eigenvalue weighted by Crippen LogP contribution is -2.39. The Balaban J connectivity index is 1.65. The molecule has 1 aromatic heterocycles. The van der Waals surface area contributed by atoms with E-state index >= 15 is 0 Å². The second-order valence-corrected chi connectivity index (χ2v) is 8.56. The summed E-state index contributed by atoms with van der Waals surface area (Å²) in [7, 11) is 0. The van der Waals surface area contributed by atoms with E-state index in [4.69, 9.17) is 11.6 Å². The minimum absolute atomic E-state index is 0.000153. The van der Waals surface area contributed by atoms with E-state index in [0.717, 1.165) is 29.6 Å². The monoisotopic (exact) mass is 423 g/mol. The van der Waals surface area contributed by atoms with Crippen molar-refractivity contribution in [2.45, 2.75) is 39.2 Å². The molecular weight excluding hydrogens is 401 g/mol. The zero-order valence-corrected chi connectivity index (χ0v) is 17.4. The molecule has 1 N–H and O–H groups in total. The third-order valence-corrected chi connectivity index (χ3v) is 6.13. The first kappa shape index (κ1) is 20.7. The quantitative estimate of drug-likeness (QED) is 0.782. The first-order valence-corrected chi connectivity index (χ1v) is 10.6. The van der Waals surface area contributed by atoms with Crippen LogP contribution < -0.4 is 5.32 Å². The summed E-state index contributed by atoms with van der Waals surface area (Å²) in [6, 6.07) is 3.84. The number of likely N-dealkylation sites (tertiary alicyclic amines) is 1. The van der Waals surface area contributed by atoms with Gasteiger partial charge in [0.25, 0.3) is 5.91 Å². The fourth-order valence-electron chi connectivity index (χ4n) is 3.17. The van der Waals surface area contributed by atoms with Crippen LogP contribution in [-0.4, -0.2) is 34.8 Å². The van der Waals surface area contributed by atoms with Crippen LogP contribution in [0.15, 0.2) is 23.6 Å². The van der Waals surface area contributed by atoms with Gasteiger partial charge in [-0.25, -0.2) is 9.37 Å². The van der Waals surface area contributed by atoms with Gasteiger partial charge >= 0.3 is 0 Å². The molecule has 1 atom stereocenters. The molecule has 2 heterocycles. The van der Waals surface area contributed by atoms with E-state index in [1.807, 2.05) is 19.2 Å². The van der Waals surface area contributed by atoms with Crippen molar-refractivity contribution < 1.29 is 14.0 Å². The highest BCUT2D eigenvalue weighted by atomic mass is 35.5. The average molecular weight is 424 g/mol. The van der Waals surface area contributed by atoms with Gasteiger partial charge in [-0.05, 0) is 31.0 Å². The van der Waals surface area contributed by atoms with Gasteiger partial charge in [0.1, 0.15) is 5.82 Å². The number of halogens is 2. The summed E-state index contributed by atoms with van der Waals surface area (Å²) < 4.78 is 13.3. The second-order valence-electron chi connectivity index (χ2n) is 7.26. The number of rotatable bonds is 5. The molecule has 1 saturated heterocycles. The number of nitrogens with zero attached hydrogens (tertiary/aromatic N) is 2. The first-order chi connectivity index (χ1) is 13.3. The van der Waals surface area contributed by atoms with Crippen LogP contribution in [0.1, 0.15) is 53.7 Å². The number of thiazole rings is 1. The third-order valence-electron chi connectivity index (χ3n) is 4.76. The summed E-state index contributed by atoms with van der Waals surface area (Å²) in [6.07, 6.45) is 1.82. The Bertz CT molecular complexity index is 871. The number of benzene rings is 1. The third kappa shape index (κ3) is 4.89. The highest BCUT2D eigenvalue weighted by molar-refractivity contribution is 7.09. The number of hydrogen-bond acceptors (Lipinski definition) is 4. The van der Waals surface area contributed by atoms with Crippen molar-refractivity contribution in [3.8, 4) is 0 Å². The Kier molecular flexibility index (Phi) is 6.67. The van der Waals surface area contributed by atoms with Crippen LogP contribution in [0, 0.1) is 11.7 Å². The summed E-state index contributed by atoms with van der Waals surface area (Å²) in [5.41, 5.74) is 1.15. The molecule has 1 fully saturated rings. The van der Waals surface area contributed by atoms with Crippen molar-refractivity contribution in [1.82, 2.24) is 15.2 Å². The minimum atomic E-state index is -0.460. The molecule has 1 aliphatic rings. The lowest BCUT2D eigenvalue weighted by Gasteiger charge is -2.32. The molecule has 2 amide bonds. The standard InChI is InChI=1S/C20H23ClFN3O2S/c1-12(2)18(26)23-9-15-11-28-19(24-15)13-4-3-7-25(10-13)20(27)16-6-5-14(22)8-17(16)21/h5-6,8,11-13H,3-4,7,9-10H2,1-2H3,(H,23,26). The average Bonchev–Trinajstić information content (AvgIpc) is 3.14. The van der Waals surface area contributed by atoms with Crippen LogP contribution >= 0.6 is 22.9 Å². The SMILES string of the molecule is CC(C)C(=O)NCc1csc(C2CCCN(C(=O)c3ccc(F)cc3Cl)C2)n1. The molecule has 1 unspecified atom stereocenters. The Morgan fingerprint density at radius 1 is 1.43 bits per heavy atom. The molecule has 0 spiro atoms. The molecule has 2 aromatic rings. The Labute approximate surface area is 172 Å². The first-order valence-electron chi connectivity index (χ1n) is 9.31. The molecule has 150 valence electrons. The number of carbonyl (C=O) groups is 2. The van der Waals surface area contributed by atoms with Crippen LogP contribution in [0.3, 0.4) is 0 Å². The number of aromatic nitrogens is 1. The molecule has 0 bridgehead atoms. The van der Waals surface area contributed by atoms with Gasteiger partial charge in [-0.3, -0.25) is 9.59 Å². The van der Waals surface area contributed by atoms with Crippen molar-refractivity contribution in [2.24, 2.45) is 5.92 Å². The molecular formula is C20H23ClFN3O2S. The van der Waals surface area contributed by atoms with E-state index in [2.05, 4.69) is 10.3 Å². The van der Waals surface area contributed by atoms with Gasteiger partial charge in [-0.1, -0.05) is 25.4 Å². The molecule has 8 heteroatoms. The van der Waals surface area contributed by atoms with Crippen molar-refractivity contribution >= 4 is 34.8 Å². The van der Waals surface area contributed by atoms with Gasteiger partial charge < -0.3 is 10.2 Å². The van der Waals surface area contributed by atoms with Crippen molar-refractivity contribution in [2.75, 3.05) is 13.1 Å². The van der Waals surface area contributed by atoms with Crippen LogP contribution in [0.2, 0.25) is 5.02 Å². The highest BCUT2D eigenvalue weighted by Gasteiger charge is 2.28. The molecule has 28 heavy (non-hydrogen) atoms. The number of piperidine rings is 1. The Morgan fingerprint density at radius 2 is 2.21 bits per heavy atom. The lowest BCUT2D eigenvalue weighted by molar-refractivity contribution is -0.124. The number of amides is 2. The summed E-state index contributed by atoms with van der Waals surface area (Å²) in [6.45, 7) is 5.31. The van der Waals surface area contributed by atoms with Gasteiger partial charge in [0.15, 0.2) is 0 Å². The molecule has 5 nitrogen and oxygen atoms in total. The maximum atomic E-state index is 13.3. The summed E-state index contributed by atoms with van der Waals surface area (Å²) in [5.74, 6) is -0.556. The van der Waals surface area contributed by atoms with Crippen LogP contribution in [0.25, 0.3) is 0 Å². The van der Waals surface area contributed by atoms with E-state index in [-0.39, 0.29) is 28.7 Å². The normalized spacial score (nSPS) is 17.0. The predicted molar refractivity (Wildman–Crippen MR) is 108 cm³/mol. The smallest absolute Gasteiger partial charge is 0.255 e. The fraction of sp³-hybridized carbons (Fsp3) is 0.450. The van der Waals surface area contributed by atoms with Crippen LogP contribution in [-0.2, 0) is 11.3 Å². The molecule has 0 radical (unpaired) electrons. The van der Waals surface area contributed by atoms with E-state index in [1.165, 1.54) is 12.1 Å². The molecule has 0 saturated carbocycles. The predicted octanol–water partition coefficient (Wildman–Crippen LogP) is 4.23. The van der Waals surface area contributed by atoms with E-state index in [0.29, 0.717) is 25.2 Å². The van der Waals surface area contributed by atoms with E-state index in [1.54, 1.807) is 16.2 Å². The van der Waals surface area contributed by atoms with Crippen molar-refractivity contribution in [3.63, 3.8) is 0 Å². The number of carbonyl (C=O) groups excluding carboxylic acids is 2. The van der Waals surface area contributed by atoms with Gasteiger partial charge in [-0.15, -0.1) is 11.3 Å². The Morgan fingerprint density at radius 3 is 2.93 bits per heavy atom.